The van der Waals surface area contributed by atoms with E-state index in [0.717, 1.165) is 11.0 Å². The van der Waals surface area contributed by atoms with Crippen molar-refractivity contribution in [2.75, 3.05) is 6.54 Å². The predicted octanol–water partition coefficient (Wildman–Crippen LogP) is 2.23. The van der Waals surface area contributed by atoms with Crippen LogP contribution in [0, 0.1) is 12.7 Å². The number of amides is 3. The van der Waals surface area contributed by atoms with Gasteiger partial charge in [-0.15, -0.1) is 0 Å². The van der Waals surface area contributed by atoms with Crippen LogP contribution >= 0.6 is 0 Å². The summed E-state index contributed by atoms with van der Waals surface area (Å²) in [6.45, 7) is 3.00. The predicted molar refractivity (Wildman–Crippen MR) is 82.4 cm³/mol. The number of nitrogens with one attached hydrogen (secondary N) is 1. The Hall–Kier alpha value is -2.67. The van der Waals surface area contributed by atoms with Gasteiger partial charge in [-0.3, -0.25) is 9.69 Å². The number of hydrogen-bond donors (Lipinski definition) is 2. The van der Waals surface area contributed by atoms with E-state index in [9.17, 15) is 19.1 Å². The van der Waals surface area contributed by atoms with Gasteiger partial charge in [-0.1, -0.05) is 12.1 Å². The number of carbonyl (C=O) groups excluding carboxylic acids is 2. The van der Waals surface area contributed by atoms with Crippen LogP contribution in [0.1, 0.15) is 30.1 Å². The summed E-state index contributed by atoms with van der Waals surface area (Å²) < 4.78 is 18.7. The fraction of sp³-hybridized carbons (Fsp3) is 0.294. The molecule has 0 aliphatic carbocycles. The van der Waals surface area contributed by atoms with Crippen molar-refractivity contribution in [2.24, 2.45) is 0 Å². The molecule has 1 saturated heterocycles. The maximum absolute atomic E-state index is 13.3. The molecule has 1 aliphatic rings. The summed E-state index contributed by atoms with van der Waals surface area (Å²) in [5, 5.41) is 12.8. The van der Waals surface area contributed by atoms with Crippen LogP contribution in [-0.4, -0.2) is 28.5 Å². The number of nitrogens with zero attached hydrogens (tertiary/aromatic N) is 1. The fourth-order valence-corrected chi connectivity index (χ4v) is 2.73. The number of carbonyl (C=O) groups is 2. The summed E-state index contributed by atoms with van der Waals surface area (Å²) in [5.74, 6) is -0.0930. The largest absolute Gasteiger partial charge is 0.463 e. The Morgan fingerprint density at radius 3 is 2.71 bits per heavy atom. The van der Waals surface area contributed by atoms with E-state index in [0.29, 0.717) is 11.5 Å². The maximum Gasteiger partial charge on any atom is 0.325 e. The minimum Gasteiger partial charge on any atom is -0.463 e. The highest BCUT2D eigenvalue weighted by molar-refractivity contribution is 6.06. The molecule has 6 nitrogen and oxygen atoms in total. The third-order valence-corrected chi connectivity index (χ3v) is 4.10. The van der Waals surface area contributed by atoms with E-state index >= 15 is 0 Å². The van der Waals surface area contributed by atoms with E-state index in [1.54, 1.807) is 26.0 Å². The average Bonchev–Trinajstić information content (AvgIpc) is 3.06. The molecule has 1 aliphatic heterocycles. The first kappa shape index (κ1) is 16.2. The lowest BCUT2D eigenvalue weighted by Gasteiger charge is -2.21. The van der Waals surface area contributed by atoms with Crippen molar-refractivity contribution in [3.63, 3.8) is 0 Å². The molecule has 126 valence electrons. The number of imide groups is 1. The molecule has 2 aromatic rings. The monoisotopic (exact) mass is 332 g/mol. The average molecular weight is 332 g/mol. The maximum atomic E-state index is 13.3. The number of furan rings is 1. The molecular formula is C17H17FN2O4. The SMILES string of the molecule is Cc1ccc([C@]2(C)NC(=O)N(C[C@@H](O)c3cccc(F)c3)C2=O)o1. The molecule has 0 saturated carbocycles. The lowest BCUT2D eigenvalue weighted by atomic mass is 9.99. The Morgan fingerprint density at radius 1 is 1.33 bits per heavy atom. The zero-order valence-corrected chi connectivity index (χ0v) is 13.2. The van der Waals surface area contributed by atoms with Gasteiger partial charge in [0.1, 0.15) is 17.3 Å². The molecule has 1 aromatic carbocycles. The molecule has 1 aromatic heterocycles. The quantitative estimate of drug-likeness (QED) is 0.841. The van der Waals surface area contributed by atoms with Crippen LogP contribution in [0.15, 0.2) is 40.8 Å². The number of urea groups is 1. The van der Waals surface area contributed by atoms with Gasteiger partial charge in [0.05, 0.1) is 12.6 Å². The van der Waals surface area contributed by atoms with Crippen molar-refractivity contribution in [1.29, 1.82) is 0 Å². The topological polar surface area (TPSA) is 82.8 Å². The summed E-state index contributed by atoms with van der Waals surface area (Å²) in [7, 11) is 0. The van der Waals surface area contributed by atoms with Crippen LogP contribution < -0.4 is 5.32 Å². The summed E-state index contributed by atoms with van der Waals surface area (Å²) in [4.78, 5) is 25.8. The number of aryl methyl sites for hydroxylation is 1. The Bertz CT molecular complexity index is 803. The first-order valence-corrected chi connectivity index (χ1v) is 7.46. The van der Waals surface area contributed by atoms with E-state index in [-0.39, 0.29) is 12.1 Å². The van der Waals surface area contributed by atoms with E-state index in [4.69, 9.17) is 4.42 Å². The van der Waals surface area contributed by atoms with E-state index in [2.05, 4.69) is 5.32 Å². The number of β-amino-alcohol motifs (C(OH)–C–C–N with tert-alkyl or cyclic N) is 1. The summed E-state index contributed by atoms with van der Waals surface area (Å²) >= 11 is 0. The molecule has 1 fully saturated rings. The van der Waals surface area contributed by atoms with E-state index in [1.165, 1.54) is 18.2 Å². The van der Waals surface area contributed by atoms with Crippen molar-refractivity contribution in [3.05, 3.63) is 59.3 Å². The van der Waals surface area contributed by atoms with Gasteiger partial charge in [0.15, 0.2) is 5.54 Å². The van der Waals surface area contributed by atoms with Crippen LogP contribution in [0.2, 0.25) is 0 Å². The molecule has 0 unspecified atom stereocenters. The first-order chi connectivity index (χ1) is 11.3. The normalized spacial score (nSPS) is 21.9. The van der Waals surface area contributed by atoms with Crippen molar-refractivity contribution >= 4 is 11.9 Å². The van der Waals surface area contributed by atoms with Crippen LogP contribution in [0.25, 0.3) is 0 Å². The van der Waals surface area contributed by atoms with Crippen LogP contribution in [0.4, 0.5) is 9.18 Å². The molecule has 2 heterocycles. The molecular weight excluding hydrogens is 315 g/mol. The van der Waals surface area contributed by atoms with Gasteiger partial charge in [-0.05, 0) is 43.7 Å². The van der Waals surface area contributed by atoms with Gasteiger partial charge in [-0.2, -0.15) is 0 Å². The highest BCUT2D eigenvalue weighted by atomic mass is 19.1. The smallest absolute Gasteiger partial charge is 0.325 e. The number of aliphatic hydroxyl groups excluding tert-OH is 1. The molecule has 3 rings (SSSR count). The Morgan fingerprint density at radius 2 is 2.08 bits per heavy atom. The molecule has 0 spiro atoms. The highest BCUT2D eigenvalue weighted by Crippen LogP contribution is 2.31. The van der Waals surface area contributed by atoms with Gasteiger partial charge >= 0.3 is 6.03 Å². The lowest BCUT2D eigenvalue weighted by molar-refractivity contribution is -0.132. The van der Waals surface area contributed by atoms with Gasteiger partial charge in [-0.25, -0.2) is 9.18 Å². The molecule has 0 radical (unpaired) electrons. The Balaban J connectivity index is 1.82. The second-order valence-corrected chi connectivity index (χ2v) is 5.95. The molecule has 3 amide bonds. The van der Waals surface area contributed by atoms with E-state index in [1.807, 2.05) is 0 Å². The number of halogens is 1. The van der Waals surface area contributed by atoms with Gasteiger partial charge in [0, 0.05) is 0 Å². The summed E-state index contributed by atoms with van der Waals surface area (Å²) in [6.07, 6.45) is -1.18. The van der Waals surface area contributed by atoms with Crippen molar-refractivity contribution in [3.8, 4) is 0 Å². The lowest BCUT2D eigenvalue weighted by Crippen LogP contribution is -2.41. The van der Waals surface area contributed by atoms with Crippen LogP contribution in [0.5, 0.6) is 0 Å². The molecule has 7 heteroatoms. The third kappa shape index (κ3) is 2.67. The van der Waals surface area contributed by atoms with Crippen molar-refractivity contribution in [2.45, 2.75) is 25.5 Å². The molecule has 0 bridgehead atoms. The second-order valence-electron chi connectivity index (χ2n) is 5.95. The number of rotatable bonds is 4. The molecule has 2 N–H and O–H groups in total. The van der Waals surface area contributed by atoms with Crippen LogP contribution in [-0.2, 0) is 10.3 Å². The highest BCUT2D eigenvalue weighted by Gasteiger charge is 2.51. The van der Waals surface area contributed by atoms with Crippen molar-refractivity contribution in [1.82, 2.24) is 10.2 Å². The summed E-state index contributed by atoms with van der Waals surface area (Å²) in [6, 6.07) is 8.09. The zero-order valence-electron chi connectivity index (χ0n) is 13.2. The van der Waals surface area contributed by atoms with Gasteiger partial charge in [0.2, 0.25) is 0 Å². The Kier molecular flexibility index (Phi) is 3.88. The first-order valence-electron chi connectivity index (χ1n) is 7.46. The number of hydrogen-bond acceptors (Lipinski definition) is 4. The Labute approximate surface area is 137 Å². The molecule has 24 heavy (non-hydrogen) atoms. The minimum atomic E-state index is -1.33. The minimum absolute atomic E-state index is 0.274. The van der Waals surface area contributed by atoms with Gasteiger partial charge in [0.25, 0.3) is 5.91 Å². The van der Waals surface area contributed by atoms with Gasteiger partial charge < -0.3 is 14.8 Å². The zero-order chi connectivity index (χ0) is 17.5. The van der Waals surface area contributed by atoms with E-state index < -0.39 is 29.4 Å². The second kappa shape index (κ2) is 5.76. The number of benzene rings is 1. The standard InChI is InChI=1S/C17H17FN2O4/c1-10-6-7-14(24-10)17(2)15(22)20(16(23)19-17)9-13(21)11-4-3-5-12(18)8-11/h3-8,13,21H,9H2,1-2H3,(H,19,23)/t13-,17+/m1/s1. The fourth-order valence-electron chi connectivity index (χ4n) is 2.73. The van der Waals surface area contributed by atoms with Crippen LogP contribution in [0.3, 0.4) is 0 Å². The number of aliphatic hydroxyl groups is 1. The third-order valence-electron chi connectivity index (χ3n) is 4.10. The molecule has 2 atom stereocenters. The van der Waals surface area contributed by atoms with Crippen molar-refractivity contribution < 1.29 is 23.5 Å². The summed E-state index contributed by atoms with van der Waals surface area (Å²) in [5.41, 5.74) is -1.04.